The maximum Gasteiger partial charge on any atom is 0.416 e. The molecule has 200 valence electrons. The van der Waals surface area contributed by atoms with Crippen molar-refractivity contribution in [2.45, 2.75) is 103 Å². The summed E-state index contributed by atoms with van der Waals surface area (Å²) in [6, 6.07) is 5.14. The fourth-order valence-corrected chi connectivity index (χ4v) is 6.58. The van der Waals surface area contributed by atoms with E-state index < -0.39 is 47.0 Å². The Balaban J connectivity index is 1.77. The molecule has 2 heterocycles. The van der Waals surface area contributed by atoms with Gasteiger partial charge in [-0.1, -0.05) is 52.7 Å². The van der Waals surface area contributed by atoms with Crippen molar-refractivity contribution in [1.29, 1.82) is 0 Å². The largest absolute Gasteiger partial charge is 0.455 e. The zero-order chi connectivity index (χ0) is 26.9. The van der Waals surface area contributed by atoms with E-state index in [1.54, 1.807) is 0 Å². The van der Waals surface area contributed by atoms with Crippen LogP contribution in [0.1, 0.15) is 130 Å². The Hall–Kier alpha value is -2.45. The molecule has 1 N–H and O–H groups in total. The molecule has 8 heteroatoms. The number of benzene rings is 1. The molecule has 1 unspecified atom stereocenters. The molecule has 1 spiro atoms. The SMILES string of the molecule is CC(=O)O[C@@H]1c2nc(C(C)C)c3c(c2C(O)CC1(C)C)C1(CCCC1)O[C@@H]3c1ccc(C(F)(F)F)cc1. The lowest BCUT2D eigenvalue weighted by atomic mass is 9.68. The van der Waals surface area contributed by atoms with Crippen LogP contribution in [0, 0.1) is 5.41 Å². The Bertz CT molecular complexity index is 1210. The highest BCUT2D eigenvalue weighted by atomic mass is 19.4. The molecular weight excluding hydrogens is 483 g/mol. The Morgan fingerprint density at radius 3 is 2.30 bits per heavy atom. The van der Waals surface area contributed by atoms with Crippen LogP contribution in [0.15, 0.2) is 24.3 Å². The monoisotopic (exact) mass is 517 g/mol. The number of fused-ring (bicyclic) bond motifs is 4. The molecule has 0 bridgehead atoms. The molecule has 1 aliphatic heterocycles. The van der Waals surface area contributed by atoms with E-state index in [-0.39, 0.29) is 5.92 Å². The molecule has 0 amide bonds. The van der Waals surface area contributed by atoms with E-state index in [1.807, 2.05) is 27.7 Å². The van der Waals surface area contributed by atoms with Gasteiger partial charge in [0.1, 0.15) is 12.2 Å². The van der Waals surface area contributed by atoms with Gasteiger partial charge in [-0.25, -0.2) is 0 Å². The third kappa shape index (κ3) is 4.26. The average Bonchev–Trinajstić information content (AvgIpc) is 3.40. The summed E-state index contributed by atoms with van der Waals surface area (Å²) in [5, 5.41) is 11.5. The first-order valence-electron chi connectivity index (χ1n) is 13.0. The molecule has 1 saturated carbocycles. The highest BCUT2D eigenvalue weighted by molar-refractivity contribution is 5.67. The lowest BCUT2D eigenvalue weighted by molar-refractivity contribution is -0.156. The standard InChI is InChI=1S/C29H34F3NO4/c1-15(2)23-21-22(20-19(35)14-27(4,5)26(24(20)33-23)36-16(3)34)28(12-6-7-13-28)37-25(21)17-8-10-18(11-9-17)29(30,31)32/h8-11,15,19,25-26,35H,6-7,12-14H2,1-5H3/t19?,25-,26-/m1/s1. The predicted molar refractivity (Wildman–Crippen MR) is 131 cm³/mol. The Morgan fingerprint density at radius 2 is 1.76 bits per heavy atom. The van der Waals surface area contributed by atoms with Gasteiger partial charge >= 0.3 is 12.1 Å². The summed E-state index contributed by atoms with van der Waals surface area (Å²) in [5.41, 5.74) is 2.48. The minimum atomic E-state index is -4.42. The number of carbonyl (C=O) groups is 1. The normalized spacial score (nSPS) is 25.8. The number of hydrogen-bond acceptors (Lipinski definition) is 5. The number of halogens is 3. The van der Waals surface area contributed by atoms with E-state index in [0.717, 1.165) is 54.6 Å². The number of hydrogen-bond donors (Lipinski definition) is 1. The lowest BCUT2D eigenvalue weighted by Crippen LogP contribution is -2.37. The summed E-state index contributed by atoms with van der Waals surface area (Å²) in [5.74, 6) is -0.445. The van der Waals surface area contributed by atoms with E-state index in [1.165, 1.54) is 19.1 Å². The molecule has 5 rings (SSSR count). The second-order valence-corrected chi connectivity index (χ2v) is 11.8. The summed E-state index contributed by atoms with van der Waals surface area (Å²) >= 11 is 0. The smallest absolute Gasteiger partial charge is 0.416 e. The minimum Gasteiger partial charge on any atom is -0.455 e. The van der Waals surface area contributed by atoms with Crippen LogP contribution in [0.2, 0.25) is 0 Å². The van der Waals surface area contributed by atoms with E-state index >= 15 is 0 Å². The highest BCUT2D eigenvalue weighted by Gasteiger charge is 2.55. The quantitative estimate of drug-likeness (QED) is 0.437. The van der Waals surface area contributed by atoms with Crippen LogP contribution in [0.5, 0.6) is 0 Å². The van der Waals surface area contributed by atoms with Crippen molar-refractivity contribution in [3.63, 3.8) is 0 Å². The first-order chi connectivity index (χ1) is 17.2. The van der Waals surface area contributed by atoms with Crippen molar-refractivity contribution in [3.8, 4) is 0 Å². The summed E-state index contributed by atoms with van der Waals surface area (Å²) < 4.78 is 52.4. The van der Waals surface area contributed by atoms with Crippen LogP contribution in [0.25, 0.3) is 0 Å². The van der Waals surface area contributed by atoms with Crippen molar-refractivity contribution in [2.75, 3.05) is 0 Å². The van der Waals surface area contributed by atoms with Gasteiger partial charge < -0.3 is 14.6 Å². The zero-order valence-corrected chi connectivity index (χ0v) is 21.9. The maximum atomic E-state index is 13.3. The number of nitrogens with zero attached hydrogens (tertiary/aromatic N) is 1. The number of esters is 1. The maximum absolute atomic E-state index is 13.3. The summed E-state index contributed by atoms with van der Waals surface area (Å²) in [4.78, 5) is 17.2. The van der Waals surface area contributed by atoms with Gasteiger partial charge in [-0.2, -0.15) is 13.2 Å². The van der Waals surface area contributed by atoms with Gasteiger partial charge in [-0.05, 0) is 48.4 Å². The summed E-state index contributed by atoms with van der Waals surface area (Å²) in [6.45, 7) is 9.33. The van der Waals surface area contributed by atoms with Gasteiger partial charge in [0, 0.05) is 29.2 Å². The molecule has 3 aliphatic rings. The van der Waals surface area contributed by atoms with Crippen molar-refractivity contribution in [3.05, 3.63) is 63.5 Å². The first kappa shape index (κ1) is 26.2. The molecule has 1 aromatic carbocycles. The van der Waals surface area contributed by atoms with Crippen molar-refractivity contribution in [2.24, 2.45) is 5.41 Å². The predicted octanol–water partition coefficient (Wildman–Crippen LogP) is 7.18. The van der Waals surface area contributed by atoms with Crippen LogP contribution in [0.4, 0.5) is 13.2 Å². The molecule has 5 nitrogen and oxygen atoms in total. The fraction of sp³-hybridized carbons (Fsp3) is 0.586. The molecule has 2 aromatic rings. The van der Waals surface area contributed by atoms with Gasteiger partial charge in [-0.15, -0.1) is 0 Å². The molecule has 1 fully saturated rings. The molecule has 1 aromatic heterocycles. The lowest BCUT2D eigenvalue weighted by Gasteiger charge is -2.42. The molecule has 3 atom stereocenters. The van der Waals surface area contributed by atoms with Crippen molar-refractivity contribution >= 4 is 5.97 Å². The second-order valence-electron chi connectivity index (χ2n) is 11.8. The van der Waals surface area contributed by atoms with Gasteiger partial charge in [0.15, 0.2) is 0 Å². The molecule has 0 saturated heterocycles. The number of aliphatic hydroxyl groups is 1. The van der Waals surface area contributed by atoms with Gasteiger partial charge in [-0.3, -0.25) is 9.78 Å². The Labute approximate surface area is 215 Å². The van der Waals surface area contributed by atoms with Crippen LogP contribution in [-0.2, 0) is 26.0 Å². The number of pyridine rings is 1. The molecule has 0 radical (unpaired) electrons. The number of rotatable bonds is 3. The van der Waals surface area contributed by atoms with Crippen molar-refractivity contribution in [1.82, 2.24) is 4.98 Å². The van der Waals surface area contributed by atoms with E-state index in [0.29, 0.717) is 23.2 Å². The average molecular weight is 518 g/mol. The van der Waals surface area contributed by atoms with E-state index in [4.69, 9.17) is 14.5 Å². The zero-order valence-electron chi connectivity index (χ0n) is 21.9. The van der Waals surface area contributed by atoms with Crippen LogP contribution in [-0.4, -0.2) is 16.1 Å². The van der Waals surface area contributed by atoms with Gasteiger partial charge in [0.05, 0.1) is 23.0 Å². The topological polar surface area (TPSA) is 68.7 Å². The van der Waals surface area contributed by atoms with E-state index in [2.05, 4.69) is 0 Å². The number of aromatic nitrogens is 1. The Kier molecular flexibility index (Phi) is 6.23. The summed E-state index contributed by atoms with van der Waals surface area (Å²) in [7, 11) is 0. The molecular formula is C29H34F3NO4. The second kappa shape index (κ2) is 8.80. The minimum absolute atomic E-state index is 0.0312. The van der Waals surface area contributed by atoms with E-state index in [9.17, 15) is 23.1 Å². The number of ether oxygens (including phenoxy) is 2. The van der Waals surface area contributed by atoms with Crippen LogP contribution < -0.4 is 0 Å². The fourth-order valence-electron chi connectivity index (χ4n) is 6.58. The molecule has 37 heavy (non-hydrogen) atoms. The van der Waals surface area contributed by atoms with Crippen LogP contribution in [0.3, 0.4) is 0 Å². The number of aliphatic hydroxyl groups excluding tert-OH is 1. The molecule has 2 aliphatic carbocycles. The third-order valence-corrected chi connectivity index (χ3v) is 8.19. The number of alkyl halides is 3. The highest BCUT2D eigenvalue weighted by Crippen LogP contribution is 2.61. The van der Waals surface area contributed by atoms with Crippen LogP contribution >= 0.6 is 0 Å². The van der Waals surface area contributed by atoms with Crippen molar-refractivity contribution < 1.29 is 32.5 Å². The van der Waals surface area contributed by atoms with Gasteiger partial charge in [0.25, 0.3) is 0 Å². The Morgan fingerprint density at radius 1 is 1.14 bits per heavy atom. The third-order valence-electron chi connectivity index (χ3n) is 8.19. The number of carbonyl (C=O) groups excluding carboxylic acids is 1. The summed E-state index contributed by atoms with van der Waals surface area (Å²) in [6.07, 6.45) is -2.70. The first-order valence-corrected chi connectivity index (χ1v) is 13.0. The van der Waals surface area contributed by atoms with Gasteiger partial charge in [0.2, 0.25) is 0 Å².